The highest BCUT2D eigenvalue weighted by atomic mass is 35.5. The minimum Gasteiger partial charge on any atom is -0.352 e. The largest absolute Gasteiger partial charge is 0.352 e. The van der Waals surface area contributed by atoms with Gasteiger partial charge in [0.1, 0.15) is 0 Å². The third-order valence-corrected chi connectivity index (χ3v) is 7.49. The lowest BCUT2D eigenvalue weighted by Crippen LogP contribution is -2.60. The highest BCUT2D eigenvalue weighted by molar-refractivity contribution is 6.36. The average molecular weight is 422 g/mol. The van der Waals surface area contributed by atoms with Crippen LogP contribution in [0.5, 0.6) is 0 Å². The summed E-state index contributed by atoms with van der Waals surface area (Å²) >= 11 is 6.47. The second-order valence-corrected chi connectivity index (χ2v) is 9.67. The van der Waals surface area contributed by atoms with Crippen LogP contribution >= 0.6 is 11.6 Å². The molecule has 2 aromatic rings. The van der Waals surface area contributed by atoms with Crippen molar-refractivity contribution >= 4 is 28.4 Å². The number of nitrogens with zero attached hydrogens (tertiary/aromatic N) is 1. The number of fused-ring (bicyclic) bond motifs is 1. The molecule has 156 valence electrons. The Hall–Kier alpha value is -1.66. The first-order chi connectivity index (χ1) is 13.9. The van der Waals surface area contributed by atoms with Gasteiger partial charge < -0.3 is 15.2 Å². The van der Waals surface area contributed by atoms with Crippen molar-refractivity contribution in [2.75, 3.05) is 19.6 Å². The second-order valence-electron chi connectivity index (χ2n) is 9.26. The Morgan fingerprint density at radius 1 is 1.24 bits per heavy atom. The molecule has 1 saturated heterocycles. The topological polar surface area (TPSA) is 46.1 Å². The number of carbonyl (C=O) groups is 1. The number of hydrogen-bond acceptors (Lipinski definition) is 2. The first-order valence-corrected chi connectivity index (χ1v) is 10.9. The monoisotopic (exact) mass is 421 g/mol. The van der Waals surface area contributed by atoms with E-state index >= 15 is 0 Å². The quantitative estimate of drug-likeness (QED) is 0.746. The molecule has 2 heterocycles. The van der Waals surface area contributed by atoms with Crippen molar-refractivity contribution in [3.63, 3.8) is 0 Å². The van der Waals surface area contributed by atoms with Gasteiger partial charge in [-0.15, -0.1) is 0 Å². The van der Waals surface area contributed by atoms with Crippen LogP contribution in [0.4, 0.5) is 8.78 Å². The molecule has 1 spiro atoms. The van der Waals surface area contributed by atoms with Crippen LogP contribution in [0.25, 0.3) is 10.9 Å². The van der Waals surface area contributed by atoms with E-state index in [-0.39, 0.29) is 24.7 Å². The van der Waals surface area contributed by atoms with Gasteiger partial charge in [-0.2, -0.15) is 0 Å². The zero-order chi connectivity index (χ0) is 20.2. The summed E-state index contributed by atoms with van der Waals surface area (Å²) in [6.45, 7) is 2.60. The van der Waals surface area contributed by atoms with E-state index < -0.39 is 5.92 Å². The summed E-state index contributed by atoms with van der Waals surface area (Å²) in [4.78, 5) is 13.0. The Kier molecular flexibility index (Phi) is 4.63. The molecule has 5 rings (SSSR count). The van der Waals surface area contributed by atoms with Crippen molar-refractivity contribution in [3.05, 3.63) is 35.0 Å². The molecule has 2 saturated carbocycles. The molecule has 0 unspecified atom stereocenters. The number of carbonyl (C=O) groups excluding carboxylic acids is 1. The smallest absolute Gasteiger partial charge is 0.253 e. The molecule has 1 amide bonds. The summed E-state index contributed by atoms with van der Waals surface area (Å²) in [5.41, 5.74) is 2.01. The van der Waals surface area contributed by atoms with Crippen LogP contribution in [0.15, 0.2) is 24.4 Å². The standard InChI is InChI=1S/C22H26ClF2N3O/c23-17-2-1-3-18-19(17)16(11-28(18)15-8-21(9-15)12-26-13-21)20(29)27-10-14-4-6-22(24,25)7-5-14/h1-3,11,14-15,26H,4-10,12-13H2,(H,27,29). The van der Waals surface area contributed by atoms with Gasteiger partial charge in [0.05, 0.1) is 16.1 Å². The van der Waals surface area contributed by atoms with E-state index in [1.807, 2.05) is 24.4 Å². The molecule has 29 heavy (non-hydrogen) atoms. The van der Waals surface area contributed by atoms with E-state index in [1.165, 1.54) is 0 Å². The summed E-state index contributed by atoms with van der Waals surface area (Å²) in [6, 6.07) is 6.14. The van der Waals surface area contributed by atoms with Crippen LogP contribution in [-0.4, -0.2) is 36.0 Å². The number of benzene rings is 1. The van der Waals surface area contributed by atoms with Crippen LogP contribution < -0.4 is 10.6 Å². The molecule has 1 aromatic carbocycles. The molecule has 0 bridgehead atoms. The van der Waals surface area contributed by atoms with Gasteiger partial charge in [0.25, 0.3) is 5.91 Å². The first kappa shape index (κ1) is 19.3. The maximum Gasteiger partial charge on any atom is 0.253 e. The lowest BCUT2D eigenvalue weighted by atomic mass is 9.61. The number of amides is 1. The minimum atomic E-state index is -2.54. The molecular weight excluding hydrogens is 396 g/mol. The minimum absolute atomic E-state index is 0.0863. The molecule has 7 heteroatoms. The fourth-order valence-electron chi connectivity index (χ4n) is 5.28. The lowest BCUT2D eigenvalue weighted by Gasteiger charge is -2.54. The number of aromatic nitrogens is 1. The number of alkyl halides is 2. The van der Waals surface area contributed by atoms with E-state index in [2.05, 4.69) is 15.2 Å². The summed E-state index contributed by atoms with van der Waals surface area (Å²) in [5.74, 6) is -2.60. The van der Waals surface area contributed by atoms with Gasteiger partial charge in [-0.3, -0.25) is 4.79 Å². The van der Waals surface area contributed by atoms with Gasteiger partial charge in [0.15, 0.2) is 0 Å². The van der Waals surface area contributed by atoms with Crippen LogP contribution in [0.1, 0.15) is 54.9 Å². The van der Waals surface area contributed by atoms with Crippen molar-refractivity contribution in [1.82, 2.24) is 15.2 Å². The second kappa shape index (κ2) is 6.95. The van der Waals surface area contributed by atoms with Crippen LogP contribution in [0, 0.1) is 11.3 Å². The predicted molar refractivity (Wildman–Crippen MR) is 110 cm³/mol. The molecule has 2 N–H and O–H groups in total. The van der Waals surface area contributed by atoms with Gasteiger partial charge in [-0.25, -0.2) is 8.78 Å². The third kappa shape index (κ3) is 3.44. The highest BCUT2D eigenvalue weighted by Gasteiger charge is 2.49. The Morgan fingerprint density at radius 3 is 2.62 bits per heavy atom. The fraction of sp³-hybridized carbons (Fsp3) is 0.591. The van der Waals surface area contributed by atoms with Crippen molar-refractivity contribution in [1.29, 1.82) is 0 Å². The normalized spacial score (nSPS) is 25.6. The maximum absolute atomic E-state index is 13.4. The van der Waals surface area contributed by atoms with Gasteiger partial charge in [-0.1, -0.05) is 17.7 Å². The number of hydrogen-bond donors (Lipinski definition) is 2. The fourth-order valence-corrected chi connectivity index (χ4v) is 5.55. The number of rotatable bonds is 4. The maximum atomic E-state index is 13.4. The zero-order valence-electron chi connectivity index (χ0n) is 16.3. The highest BCUT2D eigenvalue weighted by Crippen LogP contribution is 2.52. The van der Waals surface area contributed by atoms with Crippen LogP contribution in [-0.2, 0) is 0 Å². The van der Waals surface area contributed by atoms with Crippen molar-refractivity contribution in [3.8, 4) is 0 Å². The van der Waals surface area contributed by atoms with Gasteiger partial charge >= 0.3 is 0 Å². The summed E-state index contributed by atoms with van der Waals surface area (Å²) in [7, 11) is 0. The molecular formula is C22H26ClF2N3O. The Balaban J connectivity index is 1.33. The third-order valence-electron chi connectivity index (χ3n) is 7.17. The van der Waals surface area contributed by atoms with E-state index in [1.54, 1.807) is 0 Å². The molecule has 3 fully saturated rings. The summed E-state index contributed by atoms with van der Waals surface area (Å²) < 4.78 is 28.9. The molecule has 1 aliphatic heterocycles. The molecule has 4 nitrogen and oxygen atoms in total. The van der Waals surface area contributed by atoms with Gasteiger partial charge in [0.2, 0.25) is 5.92 Å². The lowest BCUT2D eigenvalue weighted by molar-refractivity contribution is -0.0452. The molecule has 0 atom stereocenters. The van der Waals surface area contributed by atoms with E-state index in [9.17, 15) is 13.6 Å². The summed E-state index contributed by atoms with van der Waals surface area (Å²) in [5, 5.41) is 7.69. The zero-order valence-corrected chi connectivity index (χ0v) is 17.1. The molecule has 2 aliphatic carbocycles. The van der Waals surface area contributed by atoms with Crippen molar-refractivity contribution < 1.29 is 13.6 Å². The van der Waals surface area contributed by atoms with Gasteiger partial charge in [-0.05, 0) is 49.1 Å². The molecule has 3 aliphatic rings. The summed E-state index contributed by atoms with van der Waals surface area (Å²) in [6.07, 6.45) is 4.90. The molecule has 1 aromatic heterocycles. The average Bonchev–Trinajstić information content (AvgIpc) is 2.99. The van der Waals surface area contributed by atoms with Crippen LogP contribution in [0.2, 0.25) is 5.02 Å². The van der Waals surface area contributed by atoms with E-state index in [0.29, 0.717) is 41.4 Å². The van der Waals surface area contributed by atoms with E-state index in [0.717, 1.165) is 36.8 Å². The van der Waals surface area contributed by atoms with Crippen molar-refractivity contribution in [2.24, 2.45) is 11.3 Å². The Labute approximate surface area is 174 Å². The Morgan fingerprint density at radius 2 is 1.97 bits per heavy atom. The number of nitrogens with one attached hydrogen (secondary N) is 2. The Bertz CT molecular complexity index is 935. The van der Waals surface area contributed by atoms with Crippen molar-refractivity contribution in [2.45, 2.75) is 50.5 Å². The van der Waals surface area contributed by atoms with Crippen LogP contribution in [0.3, 0.4) is 0 Å². The number of halogens is 3. The SMILES string of the molecule is O=C(NCC1CCC(F)(F)CC1)c1cn(C2CC3(CNC3)C2)c2cccc(Cl)c12. The molecule has 0 radical (unpaired) electrons. The van der Waals surface area contributed by atoms with Gasteiger partial charge in [0, 0.05) is 50.1 Å². The predicted octanol–water partition coefficient (Wildman–Crippen LogP) is 4.77. The van der Waals surface area contributed by atoms with E-state index in [4.69, 9.17) is 11.6 Å². The first-order valence-electron chi connectivity index (χ1n) is 10.5.